The summed E-state index contributed by atoms with van der Waals surface area (Å²) < 4.78 is 0. The van der Waals surface area contributed by atoms with Crippen LogP contribution in [0.1, 0.15) is 18.4 Å². The van der Waals surface area contributed by atoms with Crippen molar-refractivity contribution in [2.75, 3.05) is 28.3 Å². The summed E-state index contributed by atoms with van der Waals surface area (Å²) in [5.41, 5.74) is 3.32. The van der Waals surface area contributed by atoms with Crippen LogP contribution in [-0.4, -0.2) is 30.5 Å². The quantitative estimate of drug-likeness (QED) is 0.779. The minimum absolute atomic E-state index is 0.0133. The molecule has 0 radical (unpaired) electrons. The predicted molar refractivity (Wildman–Crippen MR) is 111 cm³/mol. The topological polar surface area (TPSA) is 78.5 Å². The summed E-state index contributed by atoms with van der Waals surface area (Å²) in [5, 5.41) is 5.75. The molecule has 1 fully saturated rings. The number of hydrogen-bond acceptors (Lipinski definition) is 4. The molecule has 2 N–H and O–H groups in total. The second kappa shape index (κ2) is 7.67. The van der Waals surface area contributed by atoms with Gasteiger partial charge in [-0.05, 0) is 60.7 Å². The van der Waals surface area contributed by atoms with Crippen molar-refractivity contribution in [1.82, 2.24) is 0 Å². The van der Waals surface area contributed by atoms with Gasteiger partial charge in [-0.15, -0.1) is 11.8 Å². The molecule has 1 atom stereocenters. The average Bonchev–Trinajstić information content (AvgIpc) is 3.10. The fraction of sp³-hybridized carbons (Fsp3) is 0.286. The average molecular weight is 395 g/mol. The van der Waals surface area contributed by atoms with Crippen LogP contribution in [0.25, 0.3) is 0 Å². The largest absolute Gasteiger partial charge is 0.326 e. The number of rotatable bonds is 4. The molecular weight excluding hydrogens is 374 g/mol. The van der Waals surface area contributed by atoms with E-state index in [9.17, 15) is 14.4 Å². The molecule has 6 nitrogen and oxygen atoms in total. The van der Waals surface area contributed by atoms with Gasteiger partial charge in [0.15, 0.2) is 0 Å². The van der Waals surface area contributed by atoms with Crippen LogP contribution in [0.15, 0.2) is 47.4 Å². The molecule has 28 heavy (non-hydrogen) atoms. The van der Waals surface area contributed by atoms with Gasteiger partial charge in [0.05, 0.1) is 5.92 Å². The number of anilines is 3. The Morgan fingerprint density at radius 3 is 2.68 bits per heavy atom. The van der Waals surface area contributed by atoms with Crippen molar-refractivity contribution in [3.05, 3.63) is 48.0 Å². The van der Waals surface area contributed by atoms with Crippen molar-refractivity contribution in [3.8, 4) is 0 Å². The number of hydrogen-bond donors (Lipinski definition) is 2. The molecule has 7 heteroatoms. The lowest BCUT2D eigenvalue weighted by Gasteiger charge is -2.19. The normalized spacial score (nSPS) is 18.6. The molecule has 2 aliphatic heterocycles. The number of aryl methyl sites for hydroxylation is 1. The highest BCUT2D eigenvalue weighted by Gasteiger charge is 2.35. The molecule has 0 spiro atoms. The summed E-state index contributed by atoms with van der Waals surface area (Å²) in [6, 6.07) is 13.3. The summed E-state index contributed by atoms with van der Waals surface area (Å²) in [7, 11) is 0. The molecule has 2 aromatic rings. The van der Waals surface area contributed by atoms with E-state index in [0.29, 0.717) is 25.1 Å². The zero-order valence-electron chi connectivity index (χ0n) is 15.5. The second-order valence-corrected chi connectivity index (χ2v) is 7.89. The number of nitrogens with zero attached hydrogens (tertiary/aromatic N) is 1. The highest BCUT2D eigenvalue weighted by molar-refractivity contribution is 7.98. The van der Waals surface area contributed by atoms with Crippen LogP contribution in [0.3, 0.4) is 0 Å². The molecule has 0 aromatic heterocycles. The number of thioether (sulfide) groups is 1. The Labute approximate surface area is 167 Å². The molecule has 4 rings (SSSR count). The standard InChI is InChI=1S/C21H21N3O3S/c1-28-17-6-4-16(5-7-17)24-12-14(11-20(24)26)21(27)22-15-3-8-18-13(10-15)2-9-19(25)23-18/h3-8,10,14H,2,9,11-12H2,1H3,(H,22,27)(H,23,25). The molecule has 1 unspecified atom stereocenters. The van der Waals surface area contributed by atoms with Crippen molar-refractivity contribution in [1.29, 1.82) is 0 Å². The number of carbonyl (C=O) groups is 3. The molecule has 2 aromatic carbocycles. The van der Waals surface area contributed by atoms with E-state index < -0.39 is 0 Å². The van der Waals surface area contributed by atoms with Crippen molar-refractivity contribution in [2.24, 2.45) is 5.92 Å². The molecule has 2 heterocycles. The summed E-state index contributed by atoms with van der Waals surface area (Å²) in [6.45, 7) is 0.379. The van der Waals surface area contributed by atoms with Gasteiger partial charge < -0.3 is 15.5 Å². The Kier molecular flexibility index (Phi) is 5.09. The van der Waals surface area contributed by atoms with E-state index in [1.807, 2.05) is 36.6 Å². The van der Waals surface area contributed by atoms with Crippen molar-refractivity contribution >= 4 is 46.5 Å². The minimum Gasteiger partial charge on any atom is -0.326 e. The minimum atomic E-state index is -0.386. The molecule has 2 aliphatic rings. The van der Waals surface area contributed by atoms with E-state index in [1.165, 1.54) is 0 Å². The summed E-state index contributed by atoms with van der Waals surface area (Å²) >= 11 is 1.65. The van der Waals surface area contributed by atoms with Gasteiger partial charge in [0.1, 0.15) is 0 Å². The van der Waals surface area contributed by atoms with Gasteiger partial charge in [0.25, 0.3) is 0 Å². The Hall–Kier alpha value is -2.80. The van der Waals surface area contributed by atoms with Crippen LogP contribution >= 0.6 is 11.8 Å². The maximum atomic E-state index is 12.7. The number of amides is 3. The molecule has 144 valence electrons. The Bertz CT molecular complexity index is 942. The molecule has 1 saturated heterocycles. The zero-order valence-corrected chi connectivity index (χ0v) is 16.3. The second-order valence-electron chi connectivity index (χ2n) is 7.01. The maximum Gasteiger partial charge on any atom is 0.229 e. The number of nitrogens with one attached hydrogen (secondary N) is 2. The van der Waals surface area contributed by atoms with Crippen LogP contribution in [-0.2, 0) is 20.8 Å². The number of carbonyl (C=O) groups excluding carboxylic acids is 3. The van der Waals surface area contributed by atoms with E-state index in [2.05, 4.69) is 10.6 Å². The highest BCUT2D eigenvalue weighted by Crippen LogP contribution is 2.29. The van der Waals surface area contributed by atoms with Gasteiger partial charge in [-0.2, -0.15) is 0 Å². The monoisotopic (exact) mass is 395 g/mol. The summed E-state index contributed by atoms with van der Waals surface area (Å²) in [6.07, 6.45) is 3.32. The van der Waals surface area contributed by atoms with Crippen LogP contribution in [0, 0.1) is 5.92 Å². The third kappa shape index (κ3) is 3.75. The Balaban J connectivity index is 1.43. The first-order chi connectivity index (χ1) is 13.5. The molecular formula is C21H21N3O3S. The van der Waals surface area contributed by atoms with Crippen molar-refractivity contribution in [3.63, 3.8) is 0 Å². The first kappa shape index (κ1) is 18.6. The number of fused-ring (bicyclic) bond motifs is 1. The van der Waals surface area contributed by atoms with E-state index >= 15 is 0 Å². The van der Waals surface area contributed by atoms with Crippen molar-refractivity contribution in [2.45, 2.75) is 24.2 Å². The van der Waals surface area contributed by atoms with Crippen LogP contribution < -0.4 is 15.5 Å². The first-order valence-electron chi connectivity index (χ1n) is 9.21. The van der Waals surface area contributed by atoms with Crippen LogP contribution in [0.2, 0.25) is 0 Å². The van der Waals surface area contributed by atoms with E-state index in [4.69, 9.17) is 0 Å². The molecule has 0 aliphatic carbocycles. The smallest absolute Gasteiger partial charge is 0.229 e. The van der Waals surface area contributed by atoms with E-state index in [1.54, 1.807) is 28.8 Å². The maximum absolute atomic E-state index is 12.7. The van der Waals surface area contributed by atoms with E-state index in [0.717, 1.165) is 21.8 Å². The van der Waals surface area contributed by atoms with Crippen molar-refractivity contribution < 1.29 is 14.4 Å². The number of benzene rings is 2. The zero-order chi connectivity index (χ0) is 19.7. The fourth-order valence-electron chi connectivity index (χ4n) is 3.60. The van der Waals surface area contributed by atoms with Gasteiger partial charge in [-0.3, -0.25) is 14.4 Å². The third-order valence-corrected chi connectivity index (χ3v) is 5.89. The van der Waals surface area contributed by atoms with Crippen LogP contribution in [0.4, 0.5) is 17.1 Å². The third-order valence-electron chi connectivity index (χ3n) is 5.15. The molecule has 3 amide bonds. The Morgan fingerprint density at radius 2 is 1.93 bits per heavy atom. The lowest BCUT2D eigenvalue weighted by Crippen LogP contribution is -2.28. The lowest BCUT2D eigenvalue weighted by molar-refractivity contribution is -0.122. The molecule has 0 saturated carbocycles. The summed E-state index contributed by atoms with van der Waals surface area (Å²) in [5.74, 6) is -0.565. The van der Waals surface area contributed by atoms with Gasteiger partial charge in [0, 0.05) is 41.3 Å². The van der Waals surface area contributed by atoms with E-state index in [-0.39, 0.29) is 30.1 Å². The lowest BCUT2D eigenvalue weighted by atomic mass is 10.0. The Morgan fingerprint density at radius 1 is 1.14 bits per heavy atom. The molecule has 0 bridgehead atoms. The predicted octanol–water partition coefficient (Wildman–Crippen LogP) is 3.28. The first-order valence-corrected chi connectivity index (χ1v) is 10.4. The van der Waals surface area contributed by atoms with Crippen LogP contribution in [0.5, 0.6) is 0 Å². The summed E-state index contributed by atoms with van der Waals surface area (Å²) in [4.78, 5) is 39.4. The van der Waals surface area contributed by atoms with Gasteiger partial charge in [-0.25, -0.2) is 0 Å². The van der Waals surface area contributed by atoms with Gasteiger partial charge in [0.2, 0.25) is 17.7 Å². The highest BCUT2D eigenvalue weighted by atomic mass is 32.2. The van der Waals surface area contributed by atoms with Gasteiger partial charge >= 0.3 is 0 Å². The SMILES string of the molecule is CSc1ccc(N2CC(C(=O)Nc3ccc4c(c3)CCC(=O)N4)CC2=O)cc1. The fourth-order valence-corrected chi connectivity index (χ4v) is 4.01. The van der Waals surface area contributed by atoms with Gasteiger partial charge in [-0.1, -0.05) is 0 Å².